The maximum atomic E-state index is 5.95. The molecule has 0 aromatic carbocycles. The Hall–Kier alpha value is -1.16. The van der Waals surface area contributed by atoms with E-state index < -0.39 is 0 Å². The first-order valence-corrected chi connectivity index (χ1v) is 8.34. The van der Waals surface area contributed by atoms with Gasteiger partial charge in [-0.05, 0) is 51.0 Å². The van der Waals surface area contributed by atoms with Gasteiger partial charge in [0.15, 0.2) is 0 Å². The number of aryl methyl sites for hydroxylation is 2. The number of hydrogen-bond acceptors (Lipinski definition) is 3. The molecule has 0 amide bonds. The largest absolute Gasteiger partial charge is 0.389 e. The summed E-state index contributed by atoms with van der Waals surface area (Å²) in [6.45, 7) is 10.9. The summed E-state index contributed by atoms with van der Waals surface area (Å²) in [5.74, 6) is 1.59. The average Bonchev–Trinajstić information content (AvgIpc) is 2.62. The van der Waals surface area contributed by atoms with Crippen LogP contribution in [0.3, 0.4) is 0 Å². The Morgan fingerprint density at radius 1 is 1.33 bits per heavy atom. The van der Waals surface area contributed by atoms with Gasteiger partial charge >= 0.3 is 0 Å². The molecule has 0 saturated carbocycles. The molecule has 2 N–H and O–H groups in total. The third kappa shape index (κ3) is 3.73. The molecule has 1 aromatic rings. The van der Waals surface area contributed by atoms with Crippen LogP contribution in [0.1, 0.15) is 50.1 Å². The van der Waals surface area contributed by atoms with Gasteiger partial charge in [-0.25, -0.2) is 0 Å². The van der Waals surface area contributed by atoms with E-state index in [4.69, 9.17) is 18.0 Å². The van der Waals surface area contributed by atoms with Gasteiger partial charge < -0.3 is 10.6 Å². The zero-order valence-electron chi connectivity index (χ0n) is 13.6. The number of hydrogen-bond donors (Lipinski definition) is 1. The molecular weight excluding hydrogens is 278 g/mol. The van der Waals surface area contributed by atoms with Crippen molar-refractivity contribution in [3.63, 3.8) is 0 Å². The number of nitrogens with two attached hydrogens (primary N) is 1. The van der Waals surface area contributed by atoms with Gasteiger partial charge in [-0.1, -0.05) is 26.1 Å². The SMILES string of the molecule is Cc1cc(N2CCCC(C(C)C)CC2)c(C(N)=S)c(C)n1. The fourth-order valence-corrected chi connectivity index (χ4v) is 3.64. The maximum absolute atomic E-state index is 5.95. The number of nitrogens with zero attached hydrogens (tertiary/aromatic N) is 2. The Bertz CT molecular complexity index is 525. The van der Waals surface area contributed by atoms with Crippen molar-refractivity contribution in [3.05, 3.63) is 23.0 Å². The van der Waals surface area contributed by atoms with Crippen molar-refractivity contribution >= 4 is 22.9 Å². The molecule has 21 heavy (non-hydrogen) atoms. The number of pyridine rings is 1. The van der Waals surface area contributed by atoms with Crippen LogP contribution in [-0.2, 0) is 0 Å². The fraction of sp³-hybridized carbons (Fsp3) is 0.647. The molecule has 0 radical (unpaired) electrons. The van der Waals surface area contributed by atoms with Crippen LogP contribution >= 0.6 is 12.2 Å². The van der Waals surface area contributed by atoms with E-state index in [2.05, 4.69) is 29.8 Å². The molecule has 1 aromatic heterocycles. The monoisotopic (exact) mass is 305 g/mol. The Morgan fingerprint density at radius 2 is 2.05 bits per heavy atom. The molecule has 4 heteroatoms. The first kappa shape index (κ1) is 16.2. The van der Waals surface area contributed by atoms with Crippen LogP contribution in [0, 0.1) is 25.7 Å². The van der Waals surface area contributed by atoms with E-state index in [1.807, 2.05) is 13.8 Å². The van der Waals surface area contributed by atoms with Crippen molar-refractivity contribution in [3.8, 4) is 0 Å². The molecule has 1 aliphatic rings. The van der Waals surface area contributed by atoms with Crippen LogP contribution in [0.25, 0.3) is 0 Å². The van der Waals surface area contributed by atoms with Gasteiger partial charge in [-0.2, -0.15) is 0 Å². The van der Waals surface area contributed by atoms with Crippen molar-refractivity contribution in [1.29, 1.82) is 0 Å². The van der Waals surface area contributed by atoms with Gasteiger partial charge in [0.2, 0.25) is 0 Å². The van der Waals surface area contributed by atoms with Crippen LogP contribution in [0.4, 0.5) is 5.69 Å². The Balaban J connectivity index is 2.31. The van der Waals surface area contributed by atoms with Crippen LogP contribution in [-0.4, -0.2) is 23.1 Å². The molecule has 116 valence electrons. The van der Waals surface area contributed by atoms with Crippen LogP contribution < -0.4 is 10.6 Å². The highest BCUT2D eigenvalue weighted by Gasteiger charge is 2.22. The zero-order chi connectivity index (χ0) is 15.6. The molecule has 1 fully saturated rings. The van der Waals surface area contributed by atoms with E-state index in [9.17, 15) is 0 Å². The third-order valence-electron chi connectivity index (χ3n) is 4.61. The first-order chi connectivity index (χ1) is 9.90. The number of aromatic nitrogens is 1. The van der Waals surface area contributed by atoms with Gasteiger partial charge in [0, 0.05) is 24.5 Å². The zero-order valence-corrected chi connectivity index (χ0v) is 14.5. The van der Waals surface area contributed by atoms with Crippen molar-refractivity contribution in [1.82, 2.24) is 4.98 Å². The Labute approximate surface area is 133 Å². The Kier molecular flexibility index (Phi) is 5.20. The second-order valence-electron chi connectivity index (χ2n) is 6.53. The summed E-state index contributed by atoms with van der Waals surface area (Å²) in [5, 5.41) is 0. The minimum Gasteiger partial charge on any atom is -0.389 e. The second kappa shape index (κ2) is 6.73. The molecule has 0 bridgehead atoms. The van der Waals surface area contributed by atoms with Crippen LogP contribution in [0.15, 0.2) is 6.07 Å². The van der Waals surface area contributed by atoms with Gasteiger partial charge in [-0.3, -0.25) is 4.98 Å². The van der Waals surface area contributed by atoms with Crippen LogP contribution in [0.2, 0.25) is 0 Å². The summed E-state index contributed by atoms with van der Waals surface area (Å²) in [4.78, 5) is 7.44. The molecule has 1 atom stereocenters. The lowest BCUT2D eigenvalue weighted by atomic mass is 9.89. The van der Waals surface area contributed by atoms with Crippen molar-refractivity contribution in [2.75, 3.05) is 18.0 Å². The molecule has 3 nitrogen and oxygen atoms in total. The third-order valence-corrected chi connectivity index (χ3v) is 4.81. The quantitative estimate of drug-likeness (QED) is 0.867. The van der Waals surface area contributed by atoms with E-state index >= 15 is 0 Å². The predicted octanol–water partition coefficient (Wildman–Crippen LogP) is 3.60. The highest BCUT2D eigenvalue weighted by molar-refractivity contribution is 7.80. The van der Waals surface area contributed by atoms with Gasteiger partial charge in [-0.15, -0.1) is 0 Å². The lowest BCUT2D eigenvalue weighted by Gasteiger charge is -2.27. The van der Waals surface area contributed by atoms with E-state index in [1.54, 1.807) is 0 Å². The second-order valence-corrected chi connectivity index (χ2v) is 6.97. The van der Waals surface area contributed by atoms with Crippen molar-refractivity contribution < 1.29 is 0 Å². The maximum Gasteiger partial charge on any atom is 0.107 e. The topological polar surface area (TPSA) is 42.1 Å². The number of thiocarbonyl (C=S) groups is 1. The molecule has 2 heterocycles. The molecule has 0 spiro atoms. The van der Waals surface area contributed by atoms with E-state index in [1.165, 1.54) is 24.9 Å². The molecule has 2 rings (SSSR count). The van der Waals surface area contributed by atoms with Gasteiger partial charge in [0.25, 0.3) is 0 Å². The normalized spacial score (nSPS) is 19.7. The summed E-state index contributed by atoms with van der Waals surface area (Å²) < 4.78 is 0. The lowest BCUT2D eigenvalue weighted by molar-refractivity contribution is 0.351. The Morgan fingerprint density at radius 3 is 2.67 bits per heavy atom. The highest BCUT2D eigenvalue weighted by Crippen LogP contribution is 2.30. The fourth-order valence-electron chi connectivity index (χ4n) is 3.39. The van der Waals surface area contributed by atoms with E-state index in [0.29, 0.717) is 4.99 Å². The molecule has 1 unspecified atom stereocenters. The van der Waals surface area contributed by atoms with E-state index in [0.717, 1.165) is 41.9 Å². The van der Waals surface area contributed by atoms with Crippen molar-refractivity contribution in [2.45, 2.75) is 47.0 Å². The summed E-state index contributed by atoms with van der Waals surface area (Å²) in [5.41, 5.74) is 10.1. The number of rotatable bonds is 3. The molecular formula is C17H27N3S. The van der Waals surface area contributed by atoms with E-state index in [-0.39, 0.29) is 0 Å². The summed E-state index contributed by atoms with van der Waals surface area (Å²) in [6, 6.07) is 2.14. The highest BCUT2D eigenvalue weighted by atomic mass is 32.1. The average molecular weight is 305 g/mol. The predicted molar refractivity (Wildman–Crippen MR) is 94.0 cm³/mol. The standard InChI is InChI=1S/C17H27N3S/c1-11(2)14-6-5-8-20(9-7-14)15-10-12(3)19-13(4)16(15)17(18)21/h10-11,14H,5-9H2,1-4H3,(H2,18,21). The molecule has 1 saturated heterocycles. The van der Waals surface area contributed by atoms with Crippen molar-refractivity contribution in [2.24, 2.45) is 17.6 Å². The lowest BCUT2D eigenvalue weighted by Crippen LogP contribution is -2.28. The molecule has 0 aliphatic carbocycles. The summed E-state index contributed by atoms with van der Waals surface area (Å²) in [7, 11) is 0. The minimum absolute atomic E-state index is 0.458. The first-order valence-electron chi connectivity index (χ1n) is 7.93. The molecule has 1 aliphatic heterocycles. The van der Waals surface area contributed by atoms with Gasteiger partial charge in [0.05, 0.1) is 11.3 Å². The number of anilines is 1. The van der Waals surface area contributed by atoms with Crippen LogP contribution in [0.5, 0.6) is 0 Å². The van der Waals surface area contributed by atoms with Gasteiger partial charge in [0.1, 0.15) is 4.99 Å². The smallest absolute Gasteiger partial charge is 0.107 e. The summed E-state index contributed by atoms with van der Waals surface area (Å²) in [6.07, 6.45) is 3.80. The minimum atomic E-state index is 0.458. The summed E-state index contributed by atoms with van der Waals surface area (Å²) >= 11 is 5.26.